The molecule has 18 heavy (non-hydrogen) atoms. The summed E-state index contributed by atoms with van der Waals surface area (Å²) in [7, 11) is 1.96. The first-order chi connectivity index (χ1) is 8.51. The molecule has 0 fully saturated rings. The van der Waals surface area contributed by atoms with E-state index in [1.165, 1.54) is 19.1 Å². The van der Waals surface area contributed by atoms with Gasteiger partial charge in [0.2, 0.25) is 0 Å². The highest BCUT2D eigenvalue weighted by Crippen LogP contribution is 2.25. The maximum Gasteiger partial charge on any atom is 0.161 e. The van der Waals surface area contributed by atoms with Gasteiger partial charge in [-0.05, 0) is 37.8 Å². The normalized spacial score (nSPS) is 12.3. The van der Waals surface area contributed by atoms with Crippen LogP contribution in [0.25, 0.3) is 0 Å². The number of Topliss-reactive ketones (excluding diaryl/α,β-unsaturated/α-hetero) is 1. The van der Waals surface area contributed by atoms with Crippen molar-refractivity contribution >= 4 is 23.2 Å². The predicted molar refractivity (Wildman–Crippen MR) is 77.3 cm³/mol. The molecule has 4 heteroatoms. The average Bonchev–Trinajstić information content (AvgIpc) is 2.35. The topological polar surface area (TPSA) is 20.3 Å². The molecule has 0 aromatic heterocycles. The highest BCUT2D eigenvalue weighted by molar-refractivity contribution is 7.98. The fraction of sp³-hybridized carbons (Fsp3) is 0.500. The van der Waals surface area contributed by atoms with Crippen LogP contribution in [-0.4, -0.2) is 30.9 Å². The minimum absolute atomic E-state index is 0.102. The van der Waals surface area contributed by atoms with Crippen molar-refractivity contribution in [2.24, 2.45) is 0 Å². The summed E-state index contributed by atoms with van der Waals surface area (Å²) < 4.78 is 13.2. The molecule has 0 amide bonds. The molecule has 0 aliphatic heterocycles. The standard InChI is InChI=1S/C14H20FNOS/c1-5-12(9-18-4)16(3)14-7-6-11(15)8-13(14)10(2)17/h6-8,12H,5,9H2,1-4H3. The van der Waals surface area contributed by atoms with Crippen LogP contribution in [0.3, 0.4) is 0 Å². The third-order valence-corrected chi connectivity index (χ3v) is 3.81. The van der Waals surface area contributed by atoms with Gasteiger partial charge in [0.05, 0.1) is 0 Å². The Morgan fingerprint density at radius 2 is 2.17 bits per heavy atom. The van der Waals surface area contributed by atoms with Crippen LogP contribution in [0.15, 0.2) is 18.2 Å². The second-order valence-corrected chi connectivity index (χ2v) is 5.26. The second-order valence-electron chi connectivity index (χ2n) is 4.35. The van der Waals surface area contributed by atoms with Crippen LogP contribution >= 0.6 is 11.8 Å². The maximum atomic E-state index is 13.2. The third kappa shape index (κ3) is 3.48. The quantitative estimate of drug-likeness (QED) is 0.736. The first-order valence-electron chi connectivity index (χ1n) is 6.03. The molecule has 2 nitrogen and oxygen atoms in total. The van der Waals surface area contributed by atoms with Crippen LogP contribution in [0, 0.1) is 5.82 Å². The molecule has 0 aliphatic rings. The number of carbonyl (C=O) groups is 1. The van der Waals surface area contributed by atoms with E-state index >= 15 is 0 Å². The van der Waals surface area contributed by atoms with Gasteiger partial charge in [0.15, 0.2) is 5.78 Å². The summed E-state index contributed by atoms with van der Waals surface area (Å²) in [5.74, 6) is 0.521. The third-order valence-electron chi connectivity index (χ3n) is 3.10. The number of hydrogen-bond acceptors (Lipinski definition) is 3. The van der Waals surface area contributed by atoms with E-state index in [2.05, 4.69) is 18.1 Å². The Morgan fingerprint density at radius 1 is 1.50 bits per heavy atom. The van der Waals surface area contributed by atoms with Crippen molar-refractivity contribution in [2.45, 2.75) is 26.3 Å². The summed E-state index contributed by atoms with van der Waals surface area (Å²) >= 11 is 1.77. The van der Waals surface area contributed by atoms with Gasteiger partial charge in [-0.1, -0.05) is 6.92 Å². The maximum absolute atomic E-state index is 13.2. The van der Waals surface area contributed by atoms with E-state index in [0.29, 0.717) is 11.6 Å². The monoisotopic (exact) mass is 269 g/mol. The van der Waals surface area contributed by atoms with Crippen molar-refractivity contribution in [2.75, 3.05) is 24.0 Å². The Balaban J connectivity index is 3.11. The predicted octanol–water partition coefficient (Wildman–Crippen LogP) is 3.61. The molecule has 0 aliphatic carbocycles. The second kappa shape index (κ2) is 6.78. The Morgan fingerprint density at radius 3 is 2.67 bits per heavy atom. The van der Waals surface area contributed by atoms with Gasteiger partial charge in [0.25, 0.3) is 0 Å². The molecule has 1 atom stereocenters. The van der Waals surface area contributed by atoms with Crippen molar-refractivity contribution in [3.8, 4) is 0 Å². The molecule has 1 unspecified atom stereocenters. The molecular weight excluding hydrogens is 249 g/mol. The van der Waals surface area contributed by atoms with E-state index in [0.717, 1.165) is 17.9 Å². The highest BCUT2D eigenvalue weighted by atomic mass is 32.2. The van der Waals surface area contributed by atoms with E-state index < -0.39 is 0 Å². The summed E-state index contributed by atoms with van der Waals surface area (Å²) in [6.45, 7) is 3.59. The number of anilines is 1. The SMILES string of the molecule is CCC(CSC)N(C)c1ccc(F)cc1C(C)=O. The number of nitrogens with zero attached hydrogens (tertiary/aromatic N) is 1. The molecule has 0 saturated carbocycles. The van der Waals surface area contributed by atoms with Crippen molar-refractivity contribution in [1.82, 2.24) is 0 Å². The van der Waals surface area contributed by atoms with Gasteiger partial charge in [-0.25, -0.2) is 4.39 Å². The van der Waals surface area contributed by atoms with Crippen LogP contribution in [0.5, 0.6) is 0 Å². The average molecular weight is 269 g/mol. The lowest BCUT2D eigenvalue weighted by Crippen LogP contribution is -2.34. The van der Waals surface area contributed by atoms with E-state index in [-0.39, 0.29) is 11.6 Å². The van der Waals surface area contributed by atoms with Crippen molar-refractivity contribution in [3.63, 3.8) is 0 Å². The zero-order valence-electron chi connectivity index (χ0n) is 11.4. The number of hydrogen-bond donors (Lipinski definition) is 0. The summed E-state index contributed by atoms with van der Waals surface area (Å²) in [6, 6.07) is 4.77. The molecule has 0 spiro atoms. The molecule has 100 valence electrons. The zero-order chi connectivity index (χ0) is 13.7. The summed E-state index contributed by atoms with van der Waals surface area (Å²) in [5, 5.41) is 0. The highest BCUT2D eigenvalue weighted by Gasteiger charge is 2.18. The Hall–Kier alpha value is -1.03. The molecule has 1 rings (SSSR count). The fourth-order valence-corrected chi connectivity index (χ4v) is 2.83. The van der Waals surface area contributed by atoms with Gasteiger partial charge in [0.1, 0.15) is 5.82 Å². The molecule has 0 bridgehead atoms. The lowest BCUT2D eigenvalue weighted by molar-refractivity contribution is 0.101. The molecular formula is C14H20FNOS. The number of halogens is 1. The first-order valence-corrected chi connectivity index (χ1v) is 7.42. The van der Waals surface area contributed by atoms with Crippen molar-refractivity contribution in [1.29, 1.82) is 0 Å². The zero-order valence-corrected chi connectivity index (χ0v) is 12.2. The number of rotatable bonds is 6. The van der Waals surface area contributed by atoms with Crippen LogP contribution in [0.4, 0.5) is 10.1 Å². The minimum atomic E-state index is -0.365. The molecule has 0 radical (unpaired) electrons. The lowest BCUT2D eigenvalue weighted by Gasteiger charge is -2.30. The Bertz CT molecular complexity index is 422. The number of thioether (sulfide) groups is 1. The largest absolute Gasteiger partial charge is 0.370 e. The van der Waals surface area contributed by atoms with E-state index in [4.69, 9.17) is 0 Å². The summed E-state index contributed by atoms with van der Waals surface area (Å²) in [6.07, 6.45) is 3.05. The molecule has 1 aromatic carbocycles. The van der Waals surface area contributed by atoms with E-state index in [1.54, 1.807) is 17.8 Å². The van der Waals surface area contributed by atoms with Gasteiger partial charge in [0, 0.05) is 30.1 Å². The molecule has 0 N–H and O–H groups in total. The Labute approximate surface area is 113 Å². The molecule has 1 aromatic rings. The van der Waals surface area contributed by atoms with E-state index in [1.807, 2.05) is 7.05 Å². The number of benzene rings is 1. The number of carbonyl (C=O) groups excluding carboxylic acids is 1. The lowest BCUT2D eigenvalue weighted by atomic mass is 10.1. The summed E-state index contributed by atoms with van der Waals surface area (Å²) in [5.41, 5.74) is 1.27. The van der Waals surface area contributed by atoms with Crippen molar-refractivity contribution < 1.29 is 9.18 Å². The first kappa shape index (κ1) is 15.0. The number of ketones is 1. The smallest absolute Gasteiger partial charge is 0.161 e. The molecule has 0 saturated heterocycles. The summed E-state index contributed by atoms with van der Waals surface area (Å²) in [4.78, 5) is 13.7. The van der Waals surface area contributed by atoms with Gasteiger partial charge in [-0.3, -0.25) is 4.79 Å². The van der Waals surface area contributed by atoms with E-state index in [9.17, 15) is 9.18 Å². The minimum Gasteiger partial charge on any atom is -0.370 e. The molecule has 0 heterocycles. The van der Waals surface area contributed by atoms with Crippen LogP contribution < -0.4 is 4.90 Å². The van der Waals surface area contributed by atoms with Crippen LogP contribution in [0.1, 0.15) is 30.6 Å². The van der Waals surface area contributed by atoms with Gasteiger partial charge >= 0.3 is 0 Å². The fourth-order valence-electron chi connectivity index (χ4n) is 1.99. The van der Waals surface area contributed by atoms with Crippen LogP contribution in [0.2, 0.25) is 0 Å². The van der Waals surface area contributed by atoms with Gasteiger partial charge < -0.3 is 4.90 Å². The van der Waals surface area contributed by atoms with Crippen LogP contribution in [-0.2, 0) is 0 Å². The van der Waals surface area contributed by atoms with Gasteiger partial charge in [-0.2, -0.15) is 11.8 Å². The Kier molecular flexibility index (Phi) is 5.66. The van der Waals surface area contributed by atoms with Gasteiger partial charge in [-0.15, -0.1) is 0 Å². The van der Waals surface area contributed by atoms with Crippen molar-refractivity contribution in [3.05, 3.63) is 29.6 Å².